The lowest BCUT2D eigenvalue weighted by Crippen LogP contribution is -2.21. The highest BCUT2D eigenvalue weighted by molar-refractivity contribution is 6.04. The van der Waals surface area contributed by atoms with Gasteiger partial charge < -0.3 is 10.1 Å². The van der Waals surface area contributed by atoms with Crippen LogP contribution in [0.4, 0.5) is 5.69 Å². The van der Waals surface area contributed by atoms with Crippen LogP contribution >= 0.6 is 0 Å². The summed E-state index contributed by atoms with van der Waals surface area (Å²) in [7, 11) is 3.09. The molecule has 2 aromatic carbocycles. The molecule has 0 bridgehead atoms. The van der Waals surface area contributed by atoms with E-state index in [-0.39, 0.29) is 11.6 Å². The minimum absolute atomic E-state index is 0.234. The van der Waals surface area contributed by atoms with E-state index in [0.29, 0.717) is 22.7 Å². The van der Waals surface area contributed by atoms with Gasteiger partial charge in [0, 0.05) is 18.3 Å². The van der Waals surface area contributed by atoms with Crippen molar-refractivity contribution in [1.82, 2.24) is 19.8 Å². The average molecular weight is 325 g/mol. The standard InChI is InChI=1S/C16H15N5O3/c1-20-16(23)21(19-18-20)13-7-5-12(6-8-13)17-15(22)11-3-9-14(24-2)10-4-11/h3-10H,1-2H3,(H,17,22). The largest absolute Gasteiger partial charge is 0.497 e. The van der Waals surface area contributed by atoms with Crippen LogP contribution in [-0.2, 0) is 7.05 Å². The number of anilines is 1. The molecule has 8 heteroatoms. The third-order valence-corrected chi connectivity index (χ3v) is 3.44. The molecule has 1 amide bonds. The lowest BCUT2D eigenvalue weighted by atomic mass is 10.2. The Labute approximate surface area is 137 Å². The minimum Gasteiger partial charge on any atom is -0.497 e. The van der Waals surface area contributed by atoms with Crippen LogP contribution in [0.1, 0.15) is 10.4 Å². The van der Waals surface area contributed by atoms with E-state index in [2.05, 4.69) is 15.7 Å². The van der Waals surface area contributed by atoms with Gasteiger partial charge in [-0.2, -0.15) is 9.36 Å². The molecule has 0 atom stereocenters. The number of methoxy groups -OCH3 is 1. The fourth-order valence-corrected chi connectivity index (χ4v) is 2.11. The second-order valence-corrected chi connectivity index (χ2v) is 5.03. The van der Waals surface area contributed by atoms with Crippen LogP contribution in [0.3, 0.4) is 0 Å². The molecule has 0 saturated carbocycles. The predicted molar refractivity (Wildman–Crippen MR) is 87.5 cm³/mol. The number of hydrogen-bond acceptors (Lipinski definition) is 5. The molecule has 1 N–H and O–H groups in total. The number of nitrogens with zero attached hydrogens (tertiary/aromatic N) is 4. The topological polar surface area (TPSA) is 91.0 Å². The number of benzene rings is 2. The third kappa shape index (κ3) is 3.02. The molecule has 8 nitrogen and oxygen atoms in total. The van der Waals surface area contributed by atoms with Gasteiger partial charge in [-0.05, 0) is 59.0 Å². The summed E-state index contributed by atoms with van der Waals surface area (Å²) in [5.41, 5.74) is 1.35. The van der Waals surface area contributed by atoms with E-state index in [1.807, 2.05) is 0 Å². The Bertz CT molecular complexity index is 910. The summed E-state index contributed by atoms with van der Waals surface area (Å²) in [5.74, 6) is 0.451. The molecular formula is C16H15N5O3. The molecule has 24 heavy (non-hydrogen) atoms. The predicted octanol–water partition coefficient (Wildman–Crippen LogP) is 1.23. The van der Waals surface area contributed by atoms with Crippen molar-refractivity contribution >= 4 is 11.6 Å². The van der Waals surface area contributed by atoms with Crippen molar-refractivity contribution < 1.29 is 9.53 Å². The van der Waals surface area contributed by atoms with Crippen molar-refractivity contribution in [2.45, 2.75) is 0 Å². The van der Waals surface area contributed by atoms with Crippen LogP contribution in [0, 0.1) is 0 Å². The normalized spacial score (nSPS) is 10.4. The van der Waals surface area contributed by atoms with Crippen LogP contribution in [0.2, 0.25) is 0 Å². The Morgan fingerprint density at radius 3 is 2.25 bits per heavy atom. The van der Waals surface area contributed by atoms with E-state index in [9.17, 15) is 9.59 Å². The zero-order valence-electron chi connectivity index (χ0n) is 13.1. The average Bonchev–Trinajstić information content (AvgIpc) is 2.95. The summed E-state index contributed by atoms with van der Waals surface area (Å²) in [5, 5.41) is 10.2. The maximum atomic E-state index is 12.2. The summed E-state index contributed by atoms with van der Waals surface area (Å²) >= 11 is 0. The summed E-state index contributed by atoms with van der Waals surface area (Å²) < 4.78 is 7.38. The number of ether oxygens (including phenoxy) is 1. The molecule has 3 aromatic rings. The number of rotatable bonds is 4. The zero-order valence-corrected chi connectivity index (χ0v) is 13.1. The van der Waals surface area contributed by atoms with E-state index in [1.54, 1.807) is 55.6 Å². The van der Waals surface area contributed by atoms with E-state index in [0.717, 1.165) is 4.68 Å². The maximum Gasteiger partial charge on any atom is 0.368 e. The molecule has 0 aliphatic heterocycles. The van der Waals surface area contributed by atoms with Gasteiger partial charge in [0.25, 0.3) is 5.91 Å². The summed E-state index contributed by atoms with van der Waals surface area (Å²) in [6.45, 7) is 0. The molecule has 122 valence electrons. The van der Waals surface area contributed by atoms with Gasteiger partial charge in [0.05, 0.1) is 12.8 Å². The van der Waals surface area contributed by atoms with Crippen molar-refractivity contribution in [1.29, 1.82) is 0 Å². The van der Waals surface area contributed by atoms with E-state index in [4.69, 9.17) is 4.74 Å². The van der Waals surface area contributed by atoms with Crippen molar-refractivity contribution in [2.75, 3.05) is 12.4 Å². The first-order valence-electron chi connectivity index (χ1n) is 7.13. The van der Waals surface area contributed by atoms with Crippen LogP contribution in [0.15, 0.2) is 53.3 Å². The molecule has 1 aromatic heterocycles. The second kappa shape index (κ2) is 6.37. The van der Waals surface area contributed by atoms with E-state index >= 15 is 0 Å². The Kier molecular flexibility index (Phi) is 4.11. The van der Waals surface area contributed by atoms with Gasteiger partial charge in [-0.15, -0.1) is 0 Å². The van der Waals surface area contributed by atoms with Crippen LogP contribution < -0.4 is 15.7 Å². The number of tetrazole rings is 1. The number of amides is 1. The highest BCUT2D eigenvalue weighted by atomic mass is 16.5. The SMILES string of the molecule is COc1ccc(C(=O)Nc2ccc(-n3nnn(C)c3=O)cc2)cc1. The number of hydrogen-bond donors (Lipinski definition) is 1. The fraction of sp³-hybridized carbons (Fsp3) is 0.125. The van der Waals surface area contributed by atoms with Gasteiger partial charge in [-0.25, -0.2) is 4.79 Å². The van der Waals surface area contributed by atoms with E-state index < -0.39 is 0 Å². The zero-order chi connectivity index (χ0) is 17.1. The highest BCUT2D eigenvalue weighted by Gasteiger charge is 2.08. The molecule has 0 fully saturated rings. The van der Waals surface area contributed by atoms with Gasteiger partial charge >= 0.3 is 5.69 Å². The van der Waals surface area contributed by atoms with Gasteiger partial charge in [0.1, 0.15) is 5.75 Å². The second-order valence-electron chi connectivity index (χ2n) is 5.03. The summed E-state index contributed by atoms with van der Waals surface area (Å²) in [6.07, 6.45) is 0. The van der Waals surface area contributed by atoms with Crippen molar-refractivity contribution in [2.24, 2.45) is 7.05 Å². The van der Waals surface area contributed by atoms with Gasteiger partial charge in [-0.3, -0.25) is 4.79 Å². The molecule has 0 aliphatic rings. The molecule has 0 spiro atoms. The van der Waals surface area contributed by atoms with Crippen molar-refractivity contribution in [3.63, 3.8) is 0 Å². The quantitative estimate of drug-likeness (QED) is 0.779. The van der Waals surface area contributed by atoms with E-state index in [1.165, 1.54) is 11.7 Å². The number of nitrogens with one attached hydrogen (secondary N) is 1. The minimum atomic E-state index is -0.343. The van der Waals surface area contributed by atoms with Gasteiger partial charge in [0.15, 0.2) is 0 Å². The number of aryl methyl sites for hydroxylation is 1. The molecule has 0 unspecified atom stereocenters. The van der Waals surface area contributed by atoms with Crippen LogP contribution in [0.25, 0.3) is 5.69 Å². The van der Waals surface area contributed by atoms with Crippen molar-refractivity contribution in [3.05, 3.63) is 64.6 Å². The third-order valence-electron chi connectivity index (χ3n) is 3.44. The Balaban J connectivity index is 1.75. The summed E-state index contributed by atoms with van der Waals surface area (Å²) in [4.78, 5) is 24.0. The number of carbonyl (C=O) groups is 1. The molecule has 0 aliphatic carbocycles. The molecule has 0 radical (unpaired) electrons. The maximum absolute atomic E-state index is 12.2. The monoisotopic (exact) mass is 325 g/mol. The van der Waals surface area contributed by atoms with Gasteiger partial charge in [0.2, 0.25) is 0 Å². The van der Waals surface area contributed by atoms with Crippen molar-refractivity contribution in [3.8, 4) is 11.4 Å². The Hall–Kier alpha value is -3.42. The molecule has 3 rings (SSSR count). The number of carbonyl (C=O) groups excluding carboxylic acids is 1. The molecular weight excluding hydrogens is 310 g/mol. The first-order valence-corrected chi connectivity index (χ1v) is 7.13. The van der Waals surface area contributed by atoms with Gasteiger partial charge in [-0.1, -0.05) is 0 Å². The first-order chi connectivity index (χ1) is 11.6. The lowest BCUT2D eigenvalue weighted by Gasteiger charge is -2.07. The number of aromatic nitrogens is 4. The lowest BCUT2D eigenvalue weighted by molar-refractivity contribution is 0.102. The highest BCUT2D eigenvalue weighted by Crippen LogP contribution is 2.15. The Morgan fingerprint density at radius 2 is 1.71 bits per heavy atom. The Morgan fingerprint density at radius 1 is 1.04 bits per heavy atom. The smallest absolute Gasteiger partial charge is 0.368 e. The van der Waals surface area contributed by atoms with Crippen LogP contribution in [0.5, 0.6) is 5.75 Å². The van der Waals surface area contributed by atoms with Crippen LogP contribution in [-0.4, -0.2) is 32.8 Å². The molecule has 1 heterocycles. The molecule has 0 saturated heterocycles. The summed E-state index contributed by atoms with van der Waals surface area (Å²) in [6, 6.07) is 13.6. The first kappa shape index (κ1) is 15.5. The fourth-order valence-electron chi connectivity index (χ4n) is 2.11.